The lowest BCUT2D eigenvalue weighted by molar-refractivity contribution is 0.0652. The van der Waals surface area contributed by atoms with E-state index in [0.717, 1.165) is 38.4 Å². The number of amides is 2. The van der Waals surface area contributed by atoms with Crippen LogP contribution in [-0.4, -0.2) is 72.9 Å². The predicted molar refractivity (Wildman–Crippen MR) is 133 cm³/mol. The minimum Gasteiger partial charge on any atom is -0.356 e. The smallest absolute Gasteiger partial charge is 0.261 e. The van der Waals surface area contributed by atoms with Gasteiger partial charge in [0.2, 0.25) is 0 Å². The molecule has 0 fully saturated rings. The first-order chi connectivity index (χ1) is 13.9. The molecule has 0 spiro atoms. The molecule has 1 aliphatic heterocycles. The average molecular weight is 529 g/mol. The molecule has 2 rings (SSSR count). The van der Waals surface area contributed by atoms with E-state index in [9.17, 15) is 9.59 Å². The summed E-state index contributed by atoms with van der Waals surface area (Å²) < 4.78 is 0. The number of rotatable bonds is 10. The molecule has 0 unspecified atom stereocenters. The van der Waals surface area contributed by atoms with Gasteiger partial charge in [-0.2, -0.15) is 0 Å². The van der Waals surface area contributed by atoms with E-state index < -0.39 is 0 Å². The normalized spacial score (nSPS) is 13.9. The summed E-state index contributed by atoms with van der Waals surface area (Å²) in [5.74, 6) is 0.407. The van der Waals surface area contributed by atoms with Gasteiger partial charge in [-0.05, 0) is 52.7 Å². The van der Waals surface area contributed by atoms with Crippen LogP contribution in [0.15, 0.2) is 29.3 Å². The van der Waals surface area contributed by atoms with Crippen molar-refractivity contribution in [3.63, 3.8) is 0 Å². The molecule has 0 saturated heterocycles. The van der Waals surface area contributed by atoms with Gasteiger partial charge in [0, 0.05) is 45.3 Å². The first-order valence-electron chi connectivity index (χ1n) is 10.5. The fourth-order valence-electron chi connectivity index (χ4n) is 3.68. The number of hydrogen-bond acceptors (Lipinski definition) is 4. The van der Waals surface area contributed by atoms with Gasteiger partial charge in [0.15, 0.2) is 5.96 Å². The summed E-state index contributed by atoms with van der Waals surface area (Å²) in [4.78, 5) is 32.7. The van der Waals surface area contributed by atoms with Crippen LogP contribution in [0.3, 0.4) is 0 Å². The maximum absolute atomic E-state index is 12.4. The topological polar surface area (TPSA) is 77.0 Å². The molecule has 168 valence electrons. The highest BCUT2D eigenvalue weighted by Crippen LogP contribution is 2.22. The van der Waals surface area contributed by atoms with Crippen LogP contribution in [0.1, 0.15) is 61.3 Å². The van der Waals surface area contributed by atoms with Crippen molar-refractivity contribution < 1.29 is 9.59 Å². The third-order valence-corrected chi connectivity index (χ3v) is 5.19. The number of hydrogen-bond donors (Lipinski definition) is 2. The largest absolute Gasteiger partial charge is 0.356 e. The quantitative estimate of drug-likeness (QED) is 0.160. The molecule has 1 aliphatic rings. The van der Waals surface area contributed by atoms with Crippen molar-refractivity contribution in [3.05, 3.63) is 35.4 Å². The maximum atomic E-state index is 12.4. The SMILES string of the molecule is CN=C(NCCCCN1C(=O)c2ccccc2C1=O)NCCN(C(C)C)C(C)C.I. The Labute approximate surface area is 197 Å². The second-order valence-corrected chi connectivity index (χ2v) is 7.87. The summed E-state index contributed by atoms with van der Waals surface area (Å²) in [5.41, 5.74) is 1.02. The fraction of sp³-hybridized carbons (Fsp3) is 0.591. The summed E-state index contributed by atoms with van der Waals surface area (Å²) in [7, 11) is 1.76. The van der Waals surface area contributed by atoms with Gasteiger partial charge in [-0.25, -0.2) is 0 Å². The van der Waals surface area contributed by atoms with Gasteiger partial charge in [-0.3, -0.25) is 24.4 Å². The lowest BCUT2D eigenvalue weighted by atomic mass is 10.1. The first-order valence-corrected chi connectivity index (χ1v) is 10.5. The maximum Gasteiger partial charge on any atom is 0.261 e. The Hall–Kier alpha value is -1.68. The van der Waals surface area contributed by atoms with Crippen LogP contribution in [-0.2, 0) is 0 Å². The van der Waals surface area contributed by atoms with E-state index in [1.54, 1.807) is 31.3 Å². The number of unbranched alkanes of at least 4 members (excludes halogenated alkanes) is 1. The number of aliphatic imine (C=N–C) groups is 1. The molecule has 7 nitrogen and oxygen atoms in total. The molecular formula is C22H36IN5O2. The molecule has 30 heavy (non-hydrogen) atoms. The fourth-order valence-corrected chi connectivity index (χ4v) is 3.68. The molecule has 0 radical (unpaired) electrons. The van der Waals surface area contributed by atoms with Crippen molar-refractivity contribution >= 4 is 41.8 Å². The lowest BCUT2D eigenvalue weighted by Gasteiger charge is -2.30. The third-order valence-electron chi connectivity index (χ3n) is 5.19. The van der Waals surface area contributed by atoms with E-state index >= 15 is 0 Å². The third kappa shape index (κ3) is 6.94. The summed E-state index contributed by atoms with van der Waals surface area (Å²) >= 11 is 0. The van der Waals surface area contributed by atoms with Crippen molar-refractivity contribution in [3.8, 4) is 0 Å². The molecule has 0 saturated carbocycles. The molecule has 1 aromatic rings. The number of nitrogens with one attached hydrogen (secondary N) is 2. The van der Waals surface area contributed by atoms with Gasteiger partial charge in [-0.15, -0.1) is 24.0 Å². The van der Waals surface area contributed by atoms with Crippen LogP contribution in [0.2, 0.25) is 0 Å². The zero-order valence-corrected chi connectivity index (χ0v) is 21.1. The van der Waals surface area contributed by atoms with Crippen molar-refractivity contribution in [1.29, 1.82) is 0 Å². The van der Waals surface area contributed by atoms with Crippen molar-refractivity contribution in [1.82, 2.24) is 20.4 Å². The molecule has 0 aliphatic carbocycles. The van der Waals surface area contributed by atoms with Gasteiger partial charge < -0.3 is 10.6 Å². The number of benzene rings is 1. The minimum absolute atomic E-state index is 0. The Morgan fingerprint density at radius 2 is 1.50 bits per heavy atom. The number of imide groups is 1. The summed E-state index contributed by atoms with van der Waals surface area (Å²) in [6.45, 7) is 11.8. The van der Waals surface area contributed by atoms with E-state index in [4.69, 9.17) is 0 Å². The highest BCUT2D eigenvalue weighted by Gasteiger charge is 2.34. The van der Waals surface area contributed by atoms with E-state index in [-0.39, 0.29) is 35.8 Å². The molecule has 1 heterocycles. The van der Waals surface area contributed by atoms with Gasteiger partial charge >= 0.3 is 0 Å². The molecule has 2 N–H and O–H groups in total. The molecule has 0 bridgehead atoms. The van der Waals surface area contributed by atoms with Crippen molar-refractivity contribution in [2.24, 2.45) is 4.99 Å². The Morgan fingerprint density at radius 1 is 0.967 bits per heavy atom. The Bertz CT molecular complexity index is 693. The van der Waals surface area contributed by atoms with Crippen LogP contribution in [0.25, 0.3) is 0 Å². The summed E-state index contributed by atoms with van der Waals surface area (Å²) in [5, 5.41) is 6.64. The monoisotopic (exact) mass is 529 g/mol. The van der Waals surface area contributed by atoms with Crippen LogP contribution in [0.4, 0.5) is 0 Å². The average Bonchev–Trinajstić information content (AvgIpc) is 2.93. The molecule has 0 aromatic heterocycles. The second kappa shape index (κ2) is 12.9. The molecule has 1 aromatic carbocycles. The second-order valence-electron chi connectivity index (χ2n) is 7.87. The van der Waals surface area contributed by atoms with E-state index in [1.165, 1.54) is 4.90 Å². The Morgan fingerprint density at radius 3 is 2.00 bits per heavy atom. The summed E-state index contributed by atoms with van der Waals surface area (Å²) in [6, 6.07) is 8.02. The number of nitrogens with zero attached hydrogens (tertiary/aromatic N) is 3. The first kappa shape index (κ1) is 26.4. The molecular weight excluding hydrogens is 493 g/mol. The van der Waals surface area contributed by atoms with Crippen molar-refractivity contribution in [2.45, 2.75) is 52.6 Å². The van der Waals surface area contributed by atoms with E-state index in [0.29, 0.717) is 29.8 Å². The van der Waals surface area contributed by atoms with Gasteiger partial charge in [0.05, 0.1) is 11.1 Å². The standard InChI is InChI=1S/C22H35N5O2.HI/c1-16(2)26(17(3)4)15-13-25-22(23-5)24-12-8-9-14-27-20(28)18-10-6-7-11-19(18)21(27)29;/h6-7,10-11,16-17H,8-9,12-15H2,1-5H3,(H2,23,24,25);1H. The number of carbonyl (C=O) groups is 2. The Kier molecular flexibility index (Phi) is 11.3. The Balaban J connectivity index is 0.00000450. The van der Waals surface area contributed by atoms with Gasteiger partial charge in [-0.1, -0.05) is 12.1 Å². The van der Waals surface area contributed by atoms with Gasteiger partial charge in [0.25, 0.3) is 11.8 Å². The molecule has 8 heteroatoms. The number of halogens is 1. The highest BCUT2D eigenvalue weighted by molar-refractivity contribution is 14.0. The molecule has 0 atom stereocenters. The van der Waals surface area contributed by atoms with Crippen LogP contribution in [0, 0.1) is 0 Å². The number of carbonyl (C=O) groups excluding carboxylic acids is 2. The van der Waals surface area contributed by atoms with Crippen LogP contribution in [0.5, 0.6) is 0 Å². The van der Waals surface area contributed by atoms with Gasteiger partial charge in [0.1, 0.15) is 0 Å². The van der Waals surface area contributed by atoms with E-state index in [1.807, 2.05) is 0 Å². The summed E-state index contributed by atoms with van der Waals surface area (Å²) in [6.07, 6.45) is 1.60. The lowest BCUT2D eigenvalue weighted by Crippen LogP contribution is -2.45. The zero-order valence-electron chi connectivity index (χ0n) is 18.8. The van der Waals surface area contributed by atoms with Crippen LogP contribution < -0.4 is 10.6 Å². The predicted octanol–water partition coefficient (Wildman–Crippen LogP) is 2.96. The highest BCUT2D eigenvalue weighted by atomic mass is 127. The number of guanidine groups is 1. The van der Waals surface area contributed by atoms with Crippen molar-refractivity contribution in [2.75, 3.05) is 33.2 Å². The minimum atomic E-state index is -0.184. The van der Waals surface area contributed by atoms with E-state index in [2.05, 4.69) is 48.2 Å². The molecule has 2 amide bonds. The zero-order chi connectivity index (χ0) is 21.4. The number of fused-ring (bicyclic) bond motifs is 1. The van der Waals surface area contributed by atoms with Crippen LogP contribution >= 0.6 is 24.0 Å².